The summed E-state index contributed by atoms with van der Waals surface area (Å²) in [4.78, 5) is 12.4. The molecule has 0 bridgehead atoms. The third-order valence-electron chi connectivity index (χ3n) is 4.65. The molecule has 1 N–H and O–H groups in total. The standard InChI is InChI=1S/C24H19ClFNO3/c1-2-29-23-12-16(5-10-22(23)30-14-15-3-7-18(26)8-4-15)11-20-19-9-6-17(25)13-21(19)27-24(20)28/h3-13H,2,14H2,1H3,(H,27,28)/b20-11+. The zero-order valence-corrected chi connectivity index (χ0v) is 17.0. The Hall–Kier alpha value is -3.31. The summed E-state index contributed by atoms with van der Waals surface area (Å²) in [6, 6.07) is 17.0. The quantitative estimate of drug-likeness (QED) is 0.498. The fourth-order valence-corrected chi connectivity index (χ4v) is 3.39. The van der Waals surface area contributed by atoms with Gasteiger partial charge >= 0.3 is 0 Å². The zero-order valence-electron chi connectivity index (χ0n) is 16.2. The van der Waals surface area contributed by atoms with Crippen molar-refractivity contribution in [1.82, 2.24) is 0 Å². The van der Waals surface area contributed by atoms with E-state index in [0.29, 0.717) is 34.4 Å². The predicted octanol–water partition coefficient (Wildman–Crippen LogP) is 5.95. The van der Waals surface area contributed by atoms with Crippen LogP contribution >= 0.6 is 11.6 Å². The van der Waals surface area contributed by atoms with Crippen LogP contribution in [0.4, 0.5) is 10.1 Å². The Labute approximate surface area is 178 Å². The number of carbonyl (C=O) groups excluding carboxylic acids is 1. The molecule has 0 saturated heterocycles. The molecule has 152 valence electrons. The molecule has 1 aliphatic heterocycles. The van der Waals surface area contributed by atoms with Gasteiger partial charge in [-0.15, -0.1) is 0 Å². The van der Waals surface area contributed by atoms with E-state index in [1.54, 1.807) is 36.4 Å². The first-order valence-electron chi connectivity index (χ1n) is 9.50. The van der Waals surface area contributed by atoms with Crippen LogP contribution in [0.3, 0.4) is 0 Å². The Bertz CT molecular complexity index is 1130. The molecule has 1 heterocycles. The van der Waals surface area contributed by atoms with Crippen LogP contribution in [0.15, 0.2) is 60.7 Å². The van der Waals surface area contributed by atoms with Crippen LogP contribution in [0.5, 0.6) is 11.5 Å². The number of ether oxygens (including phenoxy) is 2. The van der Waals surface area contributed by atoms with E-state index in [-0.39, 0.29) is 18.3 Å². The molecule has 0 spiro atoms. The topological polar surface area (TPSA) is 47.6 Å². The summed E-state index contributed by atoms with van der Waals surface area (Å²) in [7, 11) is 0. The number of amides is 1. The van der Waals surface area contributed by atoms with Crippen molar-refractivity contribution in [2.45, 2.75) is 13.5 Å². The highest BCUT2D eigenvalue weighted by Gasteiger charge is 2.24. The monoisotopic (exact) mass is 423 g/mol. The van der Waals surface area contributed by atoms with Gasteiger partial charge in [-0.3, -0.25) is 4.79 Å². The molecule has 0 aromatic heterocycles. The third-order valence-corrected chi connectivity index (χ3v) is 4.89. The first kappa shape index (κ1) is 20.0. The number of hydrogen-bond donors (Lipinski definition) is 1. The van der Waals surface area contributed by atoms with E-state index in [4.69, 9.17) is 21.1 Å². The summed E-state index contributed by atoms with van der Waals surface area (Å²) in [5.41, 5.74) is 3.72. The molecular weight excluding hydrogens is 405 g/mol. The third kappa shape index (κ3) is 4.31. The minimum atomic E-state index is -0.286. The number of fused-ring (bicyclic) bond motifs is 1. The summed E-state index contributed by atoms with van der Waals surface area (Å²) in [6.45, 7) is 2.64. The Balaban J connectivity index is 1.59. The van der Waals surface area contributed by atoms with E-state index in [1.807, 2.05) is 25.1 Å². The summed E-state index contributed by atoms with van der Waals surface area (Å²) in [6.07, 6.45) is 1.81. The molecule has 4 nitrogen and oxygen atoms in total. The molecule has 0 atom stereocenters. The van der Waals surface area contributed by atoms with Gasteiger partial charge in [0.1, 0.15) is 12.4 Å². The first-order chi connectivity index (χ1) is 14.5. The van der Waals surface area contributed by atoms with Crippen LogP contribution < -0.4 is 14.8 Å². The summed E-state index contributed by atoms with van der Waals surface area (Å²) < 4.78 is 24.7. The normalized spacial score (nSPS) is 13.8. The highest BCUT2D eigenvalue weighted by atomic mass is 35.5. The lowest BCUT2D eigenvalue weighted by molar-refractivity contribution is -0.110. The van der Waals surface area contributed by atoms with Gasteiger partial charge in [0.15, 0.2) is 11.5 Å². The molecule has 0 unspecified atom stereocenters. The minimum Gasteiger partial charge on any atom is -0.490 e. The van der Waals surface area contributed by atoms with Gasteiger partial charge in [0.05, 0.1) is 12.3 Å². The van der Waals surface area contributed by atoms with Crippen molar-refractivity contribution in [2.75, 3.05) is 11.9 Å². The number of rotatable bonds is 6. The minimum absolute atomic E-state index is 0.179. The Morgan fingerprint density at radius 1 is 1.00 bits per heavy atom. The van der Waals surface area contributed by atoms with Gasteiger partial charge in [-0.2, -0.15) is 0 Å². The van der Waals surface area contributed by atoms with Gasteiger partial charge in [0, 0.05) is 16.2 Å². The van der Waals surface area contributed by atoms with Crippen molar-refractivity contribution in [3.8, 4) is 11.5 Å². The molecule has 3 aromatic rings. The van der Waals surface area contributed by atoms with Crippen molar-refractivity contribution < 1.29 is 18.7 Å². The zero-order chi connectivity index (χ0) is 21.1. The highest BCUT2D eigenvalue weighted by Crippen LogP contribution is 2.36. The van der Waals surface area contributed by atoms with Gasteiger partial charge in [-0.1, -0.05) is 35.9 Å². The SMILES string of the molecule is CCOc1cc(/C=C2/C(=O)Nc3cc(Cl)ccc32)ccc1OCc1ccc(F)cc1. The lowest BCUT2D eigenvalue weighted by atomic mass is 10.0. The summed E-state index contributed by atoms with van der Waals surface area (Å²) >= 11 is 6.01. The van der Waals surface area contributed by atoms with Crippen molar-refractivity contribution in [2.24, 2.45) is 0 Å². The number of carbonyl (C=O) groups is 1. The van der Waals surface area contributed by atoms with E-state index >= 15 is 0 Å². The lowest BCUT2D eigenvalue weighted by Crippen LogP contribution is -2.03. The molecule has 3 aromatic carbocycles. The van der Waals surface area contributed by atoms with Gasteiger partial charge in [-0.25, -0.2) is 4.39 Å². The average Bonchev–Trinajstić information content (AvgIpc) is 3.03. The van der Waals surface area contributed by atoms with Gasteiger partial charge in [0.2, 0.25) is 0 Å². The molecule has 0 fully saturated rings. The summed E-state index contributed by atoms with van der Waals surface area (Å²) in [5, 5.41) is 3.39. The molecule has 0 aliphatic carbocycles. The molecule has 1 aliphatic rings. The highest BCUT2D eigenvalue weighted by molar-refractivity contribution is 6.36. The van der Waals surface area contributed by atoms with E-state index in [9.17, 15) is 9.18 Å². The first-order valence-corrected chi connectivity index (χ1v) is 9.88. The van der Waals surface area contributed by atoms with Crippen LogP contribution in [-0.4, -0.2) is 12.5 Å². The second-order valence-electron chi connectivity index (χ2n) is 6.76. The van der Waals surface area contributed by atoms with Crippen LogP contribution in [-0.2, 0) is 11.4 Å². The molecule has 0 saturated carbocycles. The van der Waals surface area contributed by atoms with E-state index in [1.165, 1.54) is 12.1 Å². The Kier molecular flexibility index (Phi) is 5.72. The van der Waals surface area contributed by atoms with Crippen molar-refractivity contribution in [3.05, 3.63) is 88.2 Å². The van der Waals surface area contributed by atoms with E-state index < -0.39 is 0 Å². The maximum atomic E-state index is 13.1. The maximum Gasteiger partial charge on any atom is 0.256 e. The van der Waals surface area contributed by atoms with Crippen molar-refractivity contribution in [3.63, 3.8) is 0 Å². The van der Waals surface area contributed by atoms with Crippen LogP contribution in [0, 0.1) is 5.82 Å². The van der Waals surface area contributed by atoms with Crippen LogP contribution in [0.1, 0.15) is 23.6 Å². The molecule has 4 rings (SSSR count). The number of benzene rings is 3. The second-order valence-corrected chi connectivity index (χ2v) is 7.19. The van der Waals surface area contributed by atoms with Gasteiger partial charge in [0.25, 0.3) is 5.91 Å². The smallest absolute Gasteiger partial charge is 0.256 e. The molecule has 6 heteroatoms. The average molecular weight is 424 g/mol. The molecule has 0 radical (unpaired) electrons. The Morgan fingerprint density at radius 3 is 2.57 bits per heavy atom. The largest absolute Gasteiger partial charge is 0.490 e. The fourth-order valence-electron chi connectivity index (χ4n) is 3.22. The number of hydrogen-bond acceptors (Lipinski definition) is 3. The molecule has 30 heavy (non-hydrogen) atoms. The van der Waals surface area contributed by atoms with Crippen LogP contribution in [0.25, 0.3) is 11.6 Å². The molecule has 1 amide bonds. The fraction of sp³-hybridized carbons (Fsp3) is 0.125. The van der Waals surface area contributed by atoms with Gasteiger partial charge in [-0.05, 0) is 60.5 Å². The van der Waals surface area contributed by atoms with E-state index in [2.05, 4.69) is 5.32 Å². The van der Waals surface area contributed by atoms with Crippen LogP contribution in [0.2, 0.25) is 5.02 Å². The predicted molar refractivity (Wildman–Crippen MR) is 116 cm³/mol. The number of nitrogens with one attached hydrogen (secondary N) is 1. The summed E-state index contributed by atoms with van der Waals surface area (Å²) in [5.74, 6) is 0.683. The van der Waals surface area contributed by atoms with E-state index in [0.717, 1.165) is 16.7 Å². The van der Waals surface area contributed by atoms with Crippen molar-refractivity contribution in [1.29, 1.82) is 0 Å². The molecular formula is C24H19ClFNO3. The maximum absolute atomic E-state index is 13.1. The Morgan fingerprint density at radius 2 is 1.80 bits per heavy atom. The second kappa shape index (κ2) is 8.59. The van der Waals surface area contributed by atoms with Crippen molar-refractivity contribution >= 4 is 34.8 Å². The number of anilines is 1. The lowest BCUT2D eigenvalue weighted by Gasteiger charge is -2.13. The number of halogens is 2. The van der Waals surface area contributed by atoms with Gasteiger partial charge < -0.3 is 14.8 Å².